The zero-order chi connectivity index (χ0) is 9.26. The Labute approximate surface area is 76.4 Å². The van der Waals surface area contributed by atoms with Crippen LogP contribution in [0.4, 0.5) is 0 Å². The third-order valence-corrected chi connectivity index (χ3v) is 2.57. The Hall–Kier alpha value is -1.34. The second kappa shape index (κ2) is 3.19. The molecular weight excluding hydrogens is 166 g/mol. The average Bonchev–Trinajstić information content (AvgIpc) is 2.71. The number of nitrogens with zero attached hydrogens (tertiary/aromatic N) is 3. The van der Waals surface area contributed by atoms with Crippen LogP contribution in [0.2, 0.25) is 0 Å². The molecule has 4 nitrogen and oxygen atoms in total. The van der Waals surface area contributed by atoms with E-state index in [1.165, 1.54) is 0 Å². The first-order chi connectivity index (χ1) is 6.33. The quantitative estimate of drug-likeness (QED) is 0.691. The summed E-state index contributed by atoms with van der Waals surface area (Å²) in [7, 11) is 0. The van der Waals surface area contributed by atoms with Crippen molar-refractivity contribution in [2.45, 2.75) is 31.4 Å². The minimum absolute atomic E-state index is 0.0529. The Kier molecular flexibility index (Phi) is 2.03. The molecule has 4 heteroatoms. The number of hydrogen-bond acceptors (Lipinski definition) is 3. The van der Waals surface area contributed by atoms with E-state index in [0.29, 0.717) is 5.82 Å². The van der Waals surface area contributed by atoms with E-state index >= 15 is 0 Å². The molecule has 0 radical (unpaired) electrons. The van der Waals surface area contributed by atoms with E-state index in [2.05, 4.69) is 4.98 Å². The molecule has 1 aromatic heterocycles. The van der Waals surface area contributed by atoms with Gasteiger partial charge >= 0.3 is 0 Å². The van der Waals surface area contributed by atoms with Crippen LogP contribution in [-0.2, 0) is 0 Å². The second-order valence-corrected chi connectivity index (χ2v) is 3.34. The van der Waals surface area contributed by atoms with Gasteiger partial charge in [-0.25, -0.2) is 4.98 Å². The molecule has 2 rings (SSSR count). The summed E-state index contributed by atoms with van der Waals surface area (Å²) in [5.74, 6) is 0.394. The number of hydrogen-bond donors (Lipinski definition) is 1. The summed E-state index contributed by atoms with van der Waals surface area (Å²) in [6, 6.07) is 2.07. The number of aliphatic hydroxyl groups is 1. The summed E-state index contributed by atoms with van der Waals surface area (Å²) in [6.07, 6.45) is 5.83. The van der Waals surface area contributed by atoms with Crippen molar-refractivity contribution in [2.24, 2.45) is 0 Å². The van der Waals surface area contributed by atoms with Crippen LogP contribution in [0.25, 0.3) is 0 Å². The van der Waals surface area contributed by atoms with Crippen molar-refractivity contribution >= 4 is 0 Å². The first-order valence-corrected chi connectivity index (χ1v) is 4.44. The predicted octanol–water partition coefficient (Wildman–Crippen LogP) is 0.841. The molecule has 0 aliphatic heterocycles. The first kappa shape index (κ1) is 8.27. The summed E-state index contributed by atoms with van der Waals surface area (Å²) in [5.41, 5.74) is 0. The van der Waals surface area contributed by atoms with Gasteiger partial charge in [0.1, 0.15) is 6.07 Å². The topological polar surface area (TPSA) is 61.8 Å². The molecule has 1 saturated carbocycles. The van der Waals surface area contributed by atoms with Gasteiger partial charge < -0.3 is 9.67 Å². The highest BCUT2D eigenvalue weighted by molar-refractivity contribution is 5.13. The van der Waals surface area contributed by atoms with Gasteiger partial charge in [0, 0.05) is 12.4 Å². The highest BCUT2D eigenvalue weighted by atomic mass is 16.3. The number of aliphatic hydroxyl groups excluding tert-OH is 1. The van der Waals surface area contributed by atoms with Gasteiger partial charge in [0.2, 0.25) is 5.82 Å². The molecule has 1 aliphatic carbocycles. The van der Waals surface area contributed by atoms with Crippen molar-refractivity contribution < 1.29 is 5.11 Å². The van der Waals surface area contributed by atoms with Crippen LogP contribution in [-0.4, -0.2) is 20.8 Å². The Morgan fingerprint density at radius 2 is 2.46 bits per heavy atom. The van der Waals surface area contributed by atoms with E-state index < -0.39 is 0 Å². The first-order valence-electron chi connectivity index (χ1n) is 4.44. The monoisotopic (exact) mass is 177 g/mol. The second-order valence-electron chi connectivity index (χ2n) is 3.34. The lowest BCUT2D eigenvalue weighted by Crippen LogP contribution is -2.18. The van der Waals surface area contributed by atoms with Crippen molar-refractivity contribution in [3.63, 3.8) is 0 Å². The molecule has 0 amide bonds. The van der Waals surface area contributed by atoms with Crippen LogP contribution < -0.4 is 0 Å². The van der Waals surface area contributed by atoms with E-state index in [1.54, 1.807) is 17.0 Å². The van der Waals surface area contributed by atoms with Crippen LogP contribution in [0, 0.1) is 11.3 Å². The van der Waals surface area contributed by atoms with Crippen molar-refractivity contribution in [2.75, 3.05) is 0 Å². The molecule has 1 fully saturated rings. The lowest BCUT2D eigenvalue weighted by atomic mass is 10.2. The fourth-order valence-electron chi connectivity index (χ4n) is 1.91. The summed E-state index contributed by atoms with van der Waals surface area (Å²) < 4.78 is 1.78. The van der Waals surface area contributed by atoms with Crippen LogP contribution in [0.3, 0.4) is 0 Å². The number of nitriles is 1. The van der Waals surface area contributed by atoms with Crippen molar-refractivity contribution in [1.82, 2.24) is 9.55 Å². The van der Waals surface area contributed by atoms with E-state index in [0.717, 1.165) is 19.3 Å². The molecule has 2 atom stereocenters. The molecule has 1 heterocycles. The highest BCUT2D eigenvalue weighted by Crippen LogP contribution is 2.30. The van der Waals surface area contributed by atoms with Gasteiger partial charge in [0.05, 0.1) is 12.1 Å². The van der Waals surface area contributed by atoms with Crippen LogP contribution in [0.5, 0.6) is 0 Å². The van der Waals surface area contributed by atoms with E-state index in [-0.39, 0.29) is 12.1 Å². The maximum Gasteiger partial charge on any atom is 0.213 e. The zero-order valence-electron chi connectivity index (χ0n) is 7.22. The maximum absolute atomic E-state index is 9.62. The van der Waals surface area contributed by atoms with Gasteiger partial charge in [0.15, 0.2) is 0 Å². The van der Waals surface area contributed by atoms with Gasteiger partial charge in [-0.05, 0) is 19.3 Å². The molecule has 1 N–H and O–H groups in total. The Balaban J connectivity index is 2.30. The van der Waals surface area contributed by atoms with Crippen LogP contribution in [0.1, 0.15) is 31.1 Å². The predicted molar refractivity (Wildman–Crippen MR) is 45.8 cm³/mol. The maximum atomic E-state index is 9.62. The van der Waals surface area contributed by atoms with Gasteiger partial charge in [-0.1, -0.05) is 0 Å². The third kappa shape index (κ3) is 1.31. The van der Waals surface area contributed by atoms with Crippen molar-refractivity contribution in [3.8, 4) is 6.07 Å². The standard InChI is InChI=1S/C9H11N3O/c10-6-9-11-4-5-12(9)7-2-1-3-8(7)13/h4-5,7-8,13H,1-3H2/t7-,8-/m1/s1. The zero-order valence-corrected chi connectivity index (χ0v) is 7.22. The summed E-state index contributed by atoms with van der Waals surface area (Å²) >= 11 is 0. The fourth-order valence-corrected chi connectivity index (χ4v) is 1.91. The fraction of sp³-hybridized carbons (Fsp3) is 0.556. The molecule has 0 unspecified atom stereocenters. The summed E-state index contributed by atoms with van der Waals surface area (Å²) in [6.45, 7) is 0. The molecule has 0 saturated heterocycles. The van der Waals surface area contributed by atoms with E-state index in [9.17, 15) is 5.11 Å². The largest absolute Gasteiger partial charge is 0.391 e. The molecule has 13 heavy (non-hydrogen) atoms. The smallest absolute Gasteiger partial charge is 0.213 e. The Morgan fingerprint density at radius 3 is 3.08 bits per heavy atom. The average molecular weight is 177 g/mol. The Bertz CT molecular complexity index is 339. The molecule has 0 aromatic carbocycles. The van der Waals surface area contributed by atoms with E-state index in [4.69, 9.17) is 5.26 Å². The molecule has 0 bridgehead atoms. The minimum Gasteiger partial charge on any atom is -0.391 e. The normalized spacial score (nSPS) is 27.4. The van der Waals surface area contributed by atoms with E-state index in [1.807, 2.05) is 6.07 Å². The van der Waals surface area contributed by atoms with Crippen LogP contribution in [0.15, 0.2) is 12.4 Å². The van der Waals surface area contributed by atoms with Crippen molar-refractivity contribution in [1.29, 1.82) is 5.26 Å². The number of imidazole rings is 1. The molecule has 0 spiro atoms. The lowest BCUT2D eigenvalue weighted by molar-refractivity contribution is 0.136. The third-order valence-electron chi connectivity index (χ3n) is 2.57. The SMILES string of the molecule is N#Cc1nccn1[C@@H]1CCC[C@H]1O. The minimum atomic E-state index is -0.318. The molecular formula is C9H11N3O. The molecule has 1 aromatic rings. The number of rotatable bonds is 1. The van der Waals surface area contributed by atoms with Gasteiger partial charge in [-0.15, -0.1) is 0 Å². The van der Waals surface area contributed by atoms with Crippen molar-refractivity contribution in [3.05, 3.63) is 18.2 Å². The van der Waals surface area contributed by atoms with Crippen LogP contribution >= 0.6 is 0 Å². The number of aromatic nitrogens is 2. The summed E-state index contributed by atoms with van der Waals surface area (Å²) in [4.78, 5) is 3.90. The van der Waals surface area contributed by atoms with Gasteiger partial charge in [0.25, 0.3) is 0 Å². The van der Waals surface area contributed by atoms with Gasteiger partial charge in [-0.2, -0.15) is 5.26 Å². The lowest BCUT2D eigenvalue weighted by Gasteiger charge is -2.16. The highest BCUT2D eigenvalue weighted by Gasteiger charge is 2.27. The summed E-state index contributed by atoms with van der Waals surface area (Å²) in [5, 5.41) is 18.4. The Morgan fingerprint density at radius 1 is 1.62 bits per heavy atom. The van der Waals surface area contributed by atoms with Gasteiger partial charge in [-0.3, -0.25) is 0 Å². The molecule has 1 aliphatic rings. The molecule has 68 valence electrons.